The van der Waals surface area contributed by atoms with Crippen LogP contribution < -0.4 is 4.74 Å². The first kappa shape index (κ1) is 15.9. The highest BCUT2D eigenvalue weighted by atomic mass is 35.5. The molecule has 0 radical (unpaired) electrons. The van der Waals surface area contributed by atoms with E-state index in [1.165, 1.54) is 12.1 Å². The van der Waals surface area contributed by atoms with Gasteiger partial charge in [0.15, 0.2) is 0 Å². The van der Waals surface area contributed by atoms with Gasteiger partial charge in [0.05, 0.1) is 10.6 Å². The smallest absolute Gasteiger partial charge is 0.486 e. The van der Waals surface area contributed by atoms with Crippen LogP contribution in [0, 0.1) is 11.3 Å². The lowest BCUT2D eigenvalue weighted by Gasteiger charge is -2.19. The number of nitriles is 1. The van der Waals surface area contributed by atoms with Gasteiger partial charge in [0.2, 0.25) is 5.44 Å². The van der Waals surface area contributed by atoms with Crippen LogP contribution in [-0.4, -0.2) is 30.6 Å². The molecule has 0 saturated heterocycles. The third kappa shape index (κ3) is 2.66. The average Bonchev–Trinajstić information content (AvgIpc) is 2.77. The molecule has 114 valence electrons. The molecule has 0 fully saturated rings. The largest absolute Gasteiger partial charge is 0.500 e. The number of fused-ring (bicyclic) bond motifs is 1. The Morgan fingerprint density at radius 2 is 2.10 bits per heavy atom. The van der Waals surface area contributed by atoms with Crippen LogP contribution in [0.3, 0.4) is 0 Å². The quantitative estimate of drug-likeness (QED) is 0.885. The Morgan fingerprint density at radius 3 is 2.62 bits per heavy atom. The summed E-state index contributed by atoms with van der Waals surface area (Å²) in [4.78, 5) is 0. The summed E-state index contributed by atoms with van der Waals surface area (Å²) < 4.78 is 64.4. The summed E-state index contributed by atoms with van der Waals surface area (Å²) in [5, 5.41) is 18.3. The van der Waals surface area contributed by atoms with E-state index in [9.17, 15) is 26.7 Å². The third-order valence-electron chi connectivity index (χ3n) is 2.93. The average molecular weight is 342 g/mol. The van der Waals surface area contributed by atoms with Crippen molar-refractivity contribution in [3.05, 3.63) is 28.3 Å². The standard InChI is InChI=1S/C11H7ClF3NO4S/c12-7-3-8-5(1-6(7)4-16)2-9(20-8)10(17)21(18,19)11(13,14)15/h1,3,9-10,17H,2H2. The maximum Gasteiger partial charge on any atom is 0.500 e. The molecule has 1 aromatic carbocycles. The maximum atomic E-state index is 12.4. The molecule has 2 unspecified atom stereocenters. The normalized spacial score (nSPS) is 19.5. The van der Waals surface area contributed by atoms with E-state index in [1.54, 1.807) is 6.07 Å². The Hall–Kier alpha value is -1.50. The van der Waals surface area contributed by atoms with Gasteiger partial charge in [-0.1, -0.05) is 11.6 Å². The minimum absolute atomic E-state index is 0.0186. The van der Waals surface area contributed by atoms with E-state index < -0.39 is 26.9 Å². The second kappa shape index (κ2) is 5.05. The summed E-state index contributed by atoms with van der Waals surface area (Å²) in [6, 6.07) is 4.25. The van der Waals surface area contributed by atoms with Crippen LogP contribution in [0.15, 0.2) is 12.1 Å². The van der Waals surface area contributed by atoms with Crippen molar-refractivity contribution in [2.45, 2.75) is 23.5 Å². The third-order valence-corrected chi connectivity index (χ3v) is 4.83. The van der Waals surface area contributed by atoms with Crippen molar-refractivity contribution in [2.24, 2.45) is 0 Å². The van der Waals surface area contributed by atoms with Crippen LogP contribution in [0.1, 0.15) is 11.1 Å². The van der Waals surface area contributed by atoms with Crippen LogP contribution >= 0.6 is 11.6 Å². The highest BCUT2D eigenvalue weighted by Gasteiger charge is 2.54. The first-order valence-corrected chi connectivity index (χ1v) is 7.37. The summed E-state index contributed by atoms with van der Waals surface area (Å²) in [5.74, 6) is 0.0421. The number of halogens is 4. The molecule has 0 bridgehead atoms. The first-order chi connectivity index (χ1) is 9.57. The van der Waals surface area contributed by atoms with Gasteiger partial charge in [-0.05, 0) is 11.6 Å². The fraction of sp³-hybridized carbons (Fsp3) is 0.364. The van der Waals surface area contributed by atoms with E-state index in [0.717, 1.165) is 0 Å². The molecule has 1 aliphatic rings. The maximum absolute atomic E-state index is 12.4. The van der Waals surface area contributed by atoms with Crippen molar-refractivity contribution in [3.8, 4) is 11.8 Å². The van der Waals surface area contributed by atoms with Crippen molar-refractivity contribution in [1.29, 1.82) is 5.26 Å². The number of rotatable bonds is 2. The Balaban J connectivity index is 2.31. The van der Waals surface area contributed by atoms with Crippen LogP contribution in [0.4, 0.5) is 13.2 Å². The first-order valence-electron chi connectivity index (χ1n) is 5.45. The molecule has 0 spiro atoms. The van der Waals surface area contributed by atoms with Gasteiger partial charge in [-0.15, -0.1) is 0 Å². The highest BCUT2D eigenvalue weighted by molar-refractivity contribution is 7.92. The number of aliphatic hydroxyl groups excluding tert-OH is 1. The molecule has 10 heteroatoms. The molecule has 0 saturated carbocycles. The summed E-state index contributed by atoms with van der Waals surface area (Å²) in [7, 11) is -5.77. The second-order valence-corrected chi connectivity index (χ2v) is 6.74. The van der Waals surface area contributed by atoms with Crippen LogP contribution in [0.5, 0.6) is 5.75 Å². The topological polar surface area (TPSA) is 87.4 Å². The number of alkyl halides is 3. The van der Waals surface area contributed by atoms with Gasteiger partial charge < -0.3 is 9.84 Å². The number of ether oxygens (including phenoxy) is 1. The number of sulfone groups is 1. The predicted octanol–water partition coefficient (Wildman–Crippen LogP) is 1.77. The molecule has 2 rings (SSSR count). The molecule has 0 aromatic heterocycles. The molecule has 21 heavy (non-hydrogen) atoms. The van der Waals surface area contributed by atoms with E-state index >= 15 is 0 Å². The zero-order chi connectivity index (χ0) is 16.0. The molecular formula is C11H7ClF3NO4S. The predicted molar refractivity (Wildman–Crippen MR) is 65.3 cm³/mol. The molecule has 1 aliphatic heterocycles. The van der Waals surface area contributed by atoms with Gasteiger partial charge in [0.25, 0.3) is 9.84 Å². The van der Waals surface area contributed by atoms with Gasteiger partial charge in [0.1, 0.15) is 17.9 Å². The zero-order valence-corrected chi connectivity index (χ0v) is 11.6. The minimum atomic E-state index is -5.77. The molecule has 5 nitrogen and oxygen atoms in total. The zero-order valence-electron chi connectivity index (χ0n) is 10.1. The van der Waals surface area contributed by atoms with E-state index in [1.807, 2.05) is 0 Å². The fourth-order valence-corrected chi connectivity index (χ4v) is 2.89. The Kier molecular flexibility index (Phi) is 3.82. The Morgan fingerprint density at radius 1 is 1.48 bits per heavy atom. The van der Waals surface area contributed by atoms with Gasteiger partial charge in [-0.25, -0.2) is 8.42 Å². The van der Waals surface area contributed by atoms with E-state index in [2.05, 4.69) is 0 Å². The van der Waals surface area contributed by atoms with Gasteiger partial charge in [-0.2, -0.15) is 18.4 Å². The second-order valence-electron chi connectivity index (χ2n) is 4.29. The van der Waals surface area contributed by atoms with Crippen molar-refractivity contribution in [2.75, 3.05) is 0 Å². The number of aliphatic hydroxyl groups is 1. The van der Waals surface area contributed by atoms with Crippen molar-refractivity contribution in [3.63, 3.8) is 0 Å². The summed E-state index contributed by atoms with van der Waals surface area (Å²) in [6.07, 6.45) is -1.89. The lowest BCUT2D eigenvalue weighted by atomic mass is 10.1. The Bertz CT molecular complexity index is 726. The highest BCUT2D eigenvalue weighted by Crippen LogP contribution is 2.37. The molecule has 2 atom stereocenters. The molecule has 1 aromatic rings. The SMILES string of the molecule is N#Cc1cc2c(cc1Cl)OC(C(O)S(=O)(=O)C(F)(F)F)C2. The monoisotopic (exact) mass is 341 g/mol. The minimum Gasteiger partial charge on any atom is -0.486 e. The van der Waals surface area contributed by atoms with Crippen LogP contribution in [0.25, 0.3) is 0 Å². The van der Waals surface area contributed by atoms with Gasteiger partial charge in [0, 0.05) is 12.5 Å². The van der Waals surface area contributed by atoms with E-state index in [4.69, 9.17) is 21.6 Å². The molecule has 1 N–H and O–H groups in total. The summed E-state index contributed by atoms with van der Waals surface area (Å²) in [6.45, 7) is 0. The molecule has 0 aliphatic carbocycles. The number of hydrogen-bond donors (Lipinski definition) is 1. The molecule has 1 heterocycles. The van der Waals surface area contributed by atoms with Gasteiger partial charge >= 0.3 is 5.51 Å². The lowest BCUT2D eigenvalue weighted by Crippen LogP contribution is -2.43. The summed E-state index contributed by atoms with van der Waals surface area (Å²) >= 11 is 5.73. The van der Waals surface area contributed by atoms with E-state index in [0.29, 0.717) is 5.56 Å². The number of benzene rings is 1. The lowest BCUT2D eigenvalue weighted by molar-refractivity contribution is -0.0505. The van der Waals surface area contributed by atoms with Crippen molar-refractivity contribution < 1.29 is 31.4 Å². The fourth-order valence-electron chi connectivity index (χ4n) is 1.87. The van der Waals surface area contributed by atoms with Gasteiger partial charge in [-0.3, -0.25) is 0 Å². The number of nitrogens with zero attached hydrogens (tertiary/aromatic N) is 1. The number of hydrogen-bond acceptors (Lipinski definition) is 5. The van der Waals surface area contributed by atoms with Crippen LogP contribution in [0.2, 0.25) is 5.02 Å². The van der Waals surface area contributed by atoms with Crippen molar-refractivity contribution >= 4 is 21.4 Å². The molecular weight excluding hydrogens is 335 g/mol. The van der Waals surface area contributed by atoms with Crippen LogP contribution in [-0.2, 0) is 16.3 Å². The summed E-state index contributed by atoms with van der Waals surface area (Å²) in [5.41, 5.74) is -7.96. The Labute approximate surface area is 122 Å². The molecule has 0 amide bonds. The van der Waals surface area contributed by atoms with Crippen molar-refractivity contribution in [1.82, 2.24) is 0 Å². The van der Waals surface area contributed by atoms with E-state index in [-0.39, 0.29) is 22.8 Å².